The highest BCUT2D eigenvalue weighted by Crippen LogP contribution is 2.20. The number of carbonyl (C=O) groups is 4. The molecule has 2 amide bonds. The van der Waals surface area contributed by atoms with Crippen molar-refractivity contribution in [3.8, 4) is 0 Å². The van der Waals surface area contributed by atoms with E-state index < -0.39 is 22.0 Å². The first-order chi connectivity index (χ1) is 15.5. The molecule has 12 nitrogen and oxygen atoms in total. The van der Waals surface area contributed by atoms with Crippen LogP contribution in [0, 0.1) is 0 Å². The highest BCUT2D eigenvalue weighted by atomic mass is 32.2. The molecule has 13 heteroatoms. The second-order valence-corrected chi connectivity index (χ2v) is 8.69. The van der Waals surface area contributed by atoms with Crippen molar-refractivity contribution in [3.63, 3.8) is 0 Å². The molecule has 33 heavy (non-hydrogen) atoms. The van der Waals surface area contributed by atoms with Gasteiger partial charge in [0, 0.05) is 51.2 Å². The molecule has 1 saturated heterocycles. The lowest BCUT2D eigenvalue weighted by atomic mass is 10.2. The third-order valence-corrected chi connectivity index (χ3v) is 6.34. The number of piperazine rings is 1. The van der Waals surface area contributed by atoms with Crippen LogP contribution in [-0.2, 0) is 24.4 Å². The van der Waals surface area contributed by atoms with E-state index >= 15 is 0 Å². The summed E-state index contributed by atoms with van der Waals surface area (Å²) >= 11 is 0. The molecule has 1 aromatic carbocycles. The van der Waals surface area contributed by atoms with Crippen molar-refractivity contribution in [3.05, 3.63) is 54.4 Å². The predicted octanol–water partition coefficient (Wildman–Crippen LogP) is 0.342. The Morgan fingerprint density at radius 1 is 0.939 bits per heavy atom. The fraction of sp³-hybridized carbons (Fsp3) is 0.250. The zero-order valence-electron chi connectivity index (χ0n) is 17.5. The van der Waals surface area contributed by atoms with Crippen molar-refractivity contribution in [1.29, 1.82) is 0 Å². The second kappa shape index (κ2) is 11.2. The number of nitrogens with one attached hydrogen (secondary N) is 1. The van der Waals surface area contributed by atoms with Gasteiger partial charge in [0.15, 0.2) is 0 Å². The minimum Gasteiger partial charge on any atom is -0.473 e. The molecule has 1 fully saturated rings. The maximum Gasteiger partial charge on any atom is 0.414 e. The van der Waals surface area contributed by atoms with E-state index in [1.165, 1.54) is 29.6 Å². The van der Waals surface area contributed by atoms with Crippen molar-refractivity contribution < 1.29 is 37.8 Å². The van der Waals surface area contributed by atoms with E-state index in [-0.39, 0.29) is 29.8 Å². The van der Waals surface area contributed by atoms with Crippen LogP contribution < -0.4 is 5.32 Å². The number of hydrogen-bond donors (Lipinski definition) is 3. The summed E-state index contributed by atoms with van der Waals surface area (Å²) in [6.45, 7) is 2.47. The number of aliphatic carboxylic acids is 2. The first kappa shape index (κ1) is 25.4. The molecule has 3 rings (SSSR count). The maximum absolute atomic E-state index is 12.8. The number of carboxylic acids is 2. The van der Waals surface area contributed by atoms with Crippen molar-refractivity contribution in [2.45, 2.75) is 11.8 Å². The third kappa shape index (κ3) is 7.08. The molecule has 1 aliphatic heterocycles. The predicted molar refractivity (Wildman–Crippen MR) is 115 cm³/mol. The Balaban J connectivity index is 0.000000569. The molecule has 0 aliphatic carbocycles. The number of carboxylic acid groups (broad SMARTS) is 2. The molecule has 0 unspecified atom stereocenters. The Kier molecular flexibility index (Phi) is 8.59. The molecule has 0 spiro atoms. The fourth-order valence-electron chi connectivity index (χ4n) is 2.87. The van der Waals surface area contributed by atoms with E-state index in [0.717, 1.165) is 0 Å². The zero-order valence-corrected chi connectivity index (χ0v) is 18.4. The molecule has 0 atom stereocenters. The number of anilines is 1. The van der Waals surface area contributed by atoms with E-state index in [4.69, 9.17) is 19.8 Å². The van der Waals surface area contributed by atoms with Crippen LogP contribution in [0.4, 0.5) is 5.69 Å². The van der Waals surface area contributed by atoms with Gasteiger partial charge in [0.1, 0.15) is 0 Å². The summed E-state index contributed by atoms with van der Waals surface area (Å²) in [7, 11) is -3.65. The fourth-order valence-corrected chi connectivity index (χ4v) is 4.29. The lowest BCUT2D eigenvalue weighted by Crippen LogP contribution is -2.50. The van der Waals surface area contributed by atoms with Gasteiger partial charge >= 0.3 is 11.9 Å². The summed E-state index contributed by atoms with van der Waals surface area (Å²) in [5, 5.41) is 17.4. The van der Waals surface area contributed by atoms with Crippen molar-refractivity contribution in [1.82, 2.24) is 14.2 Å². The Hall–Kier alpha value is -3.84. The number of sulfonamides is 1. The van der Waals surface area contributed by atoms with Gasteiger partial charge in [-0.3, -0.25) is 14.6 Å². The number of hydrogen-bond acceptors (Lipinski definition) is 7. The Bertz CT molecular complexity index is 1100. The van der Waals surface area contributed by atoms with Gasteiger partial charge in [-0.05, 0) is 36.4 Å². The molecule has 176 valence electrons. The monoisotopic (exact) mass is 478 g/mol. The van der Waals surface area contributed by atoms with Crippen LogP contribution in [0.2, 0.25) is 0 Å². The van der Waals surface area contributed by atoms with Gasteiger partial charge in [-0.25, -0.2) is 18.0 Å². The highest BCUT2D eigenvalue weighted by Gasteiger charge is 2.30. The average molecular weight is 478 g/mol. The first-order valence-corrected chi connectivity index (χ1v) is 11.0. The van der Waals surface area contributed by atoms with Gasteiger partial charge in [-0.15, -0.1) is 0 Å². The number of pyridine rings is 1. The van der Waals surface area contributed by atoms with Crippen molar-refractivity contribution in [2.24, 2.45) is 0 Å². The smallest absolute Gasteiger partial charge is 0.414 e. The second-order valence-electron chi connectivity index (χ2n) is 6.75. The zero-order chi connectivity index (χ0) is 24.6. The number of aromatic nitrogens is 1. The minimum absolute atomic E-state index is 0.153. The first-order valence-electron chi connectivity index (χ1n) is 9.55. The van der Waals surface area contributed by atoms with Gasteiger partial charge in [0.2, 0.25) is 15.9 Å². The number of nitrogens with zero attached hydrogens (tertiary/aromatic N) is 3. The summed E-state index contributed by atoms with van der Waals surface area (Å²) in [6.07, 6.45) is 3.10. The molecule has 2 aromatic rings. The largest absolute Gasteiger partial charge is 0.473 e. The van der Waals surface area contributed by atoms with Crippen molar-refractivity contribution >= 4 is 39.5 Å². The standard InChI is InChI=1S/C18H20N4O4S.C2H2O4/c1-14(23)20-16-4-6-17(7-5-16)27(25,26)22-11-9-21(10-12-22)18(24)15-3-2-8-19-13-15;3-1(4)2(5)6/h2-8,13H,9-12H2,1H3,(H,20,23);(H,3,4)(H,5,6). The van der Waals surface area contributed by atoms with E-state index in [9.17, 15) is 18.0 Å². The minimum atomic E-state index is -3.65. The summed E-state index contributed by atoms with van der Waals surface area (Å²) < 4.78 is 27.0. The Morgan fingerprint density at radius 2 is 1.52 bits per heavy atom. The van der Waals surface area contributed by atoms with Gasteiger partial charge in [-0.1, -0.05) is 0 Å². The molecule has 3 N–H and O–H groups in total. The van der Waals surface area contributed by atoms with Crippen LogP contribution in [0.5, 0.6) is 0 Å². The Labute approximate surface area is 189 Å². The van der Waals surface area contributed by atoms with Gasteiger partial charge in [0.05, 0.1) is 10.5 Å². The molecule has 1 aliphatic rings. The maximum atomic E-state index is 12.8. The highest BCUT2D eigenvalue weighted by molar-refractivity contribution is 7.89. The van der Waals surface area contributed by atoms with Gasteiger partial charge < -0.3 is 20.4 Å². The van der Waals surface area contributed by atoms with Crippen molar-refractivity contribution in [2.75, 3.05) is 31.5 Å². The SMILES string of the molecule is CC(=O)Nc1ccc(S(=O)(=O)N2CCN(C(=O)c3cccnc3)CC2)cc1.O=C(O)C(=O)O. The summed E-state index contributed by atoms with van der Waals surface area (Å²) in [5.74, 6) is -4.02. The van der Waals surface area contributed by atoms with Crippen LogP contribution in [0.1, 0.15) is 17.3 Å². The van der Waals surface area contributed by atoms with Gasteiger partial charge in [-0.2, -0.15) is 4.31 Å². The van der Waals surface area contributed by atoms with Gasteiger partial charge in [0.25, 0.3) is 5.91 Å². The number of amides is 2. The van der Waals surface area contributed by atoms with E-state index in [2.05, 4.69) is 10.3 Å². The lowest BCUT2D eigenvalue weighted by molar-refractivity contribution is -0.159. The molecule has 0 radical (unpaired) electrons. The molecular formula is C20H22N4O8S. The number of carbonyl (C=O) groups excluding carboxylic acids is 2. The quantitative estimate of drug-likeness (QED) is 0.523. The van der Waals surface area contributed by atoms with Crippen LogP contribution >= 0.6 is 0 Å². The van der Waals surface area contributed by atoms with Crippen LogP contribution in [0.3, 0.4) is 0 Å². The molecule has 2 heterocycles. The number of rotatable bonds is 4. The summed E-state index contributed by atoms with van der Waals surface area (Å²) in [6, 6.07) is 9.42. The van der Waals surface area contributed by atoms with E-state index in [0.29, 0.717) is 24.3 Å². The average Bonchev–Trinajstić information content (AvgIpc) is 2.79. The Morgan fingerprint density at radius 3 is 1.97 bits per heavy atom. The summed E-state index contributed by atoms with van der Waals surface area (Å²) in [4.78, 5) is 47.4. The molecule has 0 bridgehead atoms. The van der Waals surface area contributed by atoms with Crippen LogP contribution in [0.25, 0.3) is 0 Å². The summed E-state index contributed by atoms with van der Waals surface area (Å²) in [5.41, 5.74) is 1.02. The lowest BCUT2D eigenvalue weighted by Gasteiger charge is -2.34. The normalized spacial score (nSPS) is 13.9. The molecular weight excluding hydrogens is 456 g/mol. The van der Waals surface area contributed by atoms with E-state index in [1.807, 2.05) is 0 Å². The van der Waals surface area contributed by atoms with Crippen LogP contribution in [0.15, 0.2) is 53.7 Å². The van der Waals surface area contributed by atoms with E-state index in [1.54, 1.807) is 35.4 Å². The topological polar surface area (TPSA) is 174 Å². The molecule has 1 aromatic heterocycles. The number of benzene rings is 1. The third-order valence-electron chi connectivity index (χ3n) is 4.43. The van der Waals surface area contributed by atoms with Crippen LogP contribution in [-0.4, -0.2) is 82.8 Å². The molecule has 0 saturated carbocycles.